The van der Waals surface area contributed by atoms with Gasteiger partial charge in [0.1, 0.15) is 5.82 Å². The van der Waals surface area contributed by atoms with Gasteiger partial charge in [0.25, 0.3) is 0 Å². The molecule has 1 aromatic heterocycles. The minimum Gasteiger partial charge on any atom is -0.381 e. The van der Waals surface area contributed by atoms with E-state index in [4.69, 9.17) is 11.6 Å². The van der Waals surface area contributed by atoms with E-state index in [-0.39, 0.29) is 5.82 Å². The molecular formula is C15H11ClFN3. The smallest absolute Gasteiger partial charge is 0.129 e. The predicted molar refractivity (Wildman–Crippen MR) is 78.3 cm³/mol. The second-order valence-corrected chi connectivity index (χ2v) is 4.79. The molecule has 0 spiro atoms. The van der Waals surface area contributed by atoms with Crippen LogP contribution in [0.5, 0.6) is 0 Å². The van der Waals surface area contributed by atoms with E-state index in [9.17, 15) is 4.39 Å². The zero-order chi connectivity index (χ0) is 13.9. The summed E-state index contributed by atoms with van der Waals surface area (Å²) in [5.41, 5.74) is 3.06. The highest BCUT2D eigenvalue weighted by molar-refractivity contribution is 6.30. The van der Waals surface area contributed by atoms with E-state index in [2.05, 4.69) is 15.3 Å². The number of nitrogens with one attached hydrogen (secondary N) is 1. The molecule has 0 fully saturated rings. The molecule has 0 aliphatic carbocycles. The van der Waals surface area contributed by atoms with Crippen LogP contribution in [0.2, 0.25) is 5.02 Å². The van der Waals surface area contributed by atoms with Crippen molar-refractivity contribution in [3.05, 3.63) is 65.2 Å². The maximum absolute atomic E-state index is 13.7. The van der Waals surface area contributed by atoms with Crippen molar-refractivity contribution in [1.82, 2.24) is 9.97 Å². The fourth-order valence-electron chi connectivity index (χ4n) is 1.94. The number of nitrogens with zero attached hydrogens (tertiary/aromatic N) is 2. The Morgan fingerprint density at radius 2 is 1.80 bits per heavy atom. The fraction of sp³-hybridized carbons (Fsp3) is 0.0667. The van der Waals surface area contributed by atoms with Crippen LogP contribution >= 0.6 is 11.6 Å². The monoisotopic (exact) mass is 287 g/mol. The van der Waals surface area contributed by atoms with E-state index in [1.165, 1.54) is 6.07 Å². The van der Waals surface area contributed by atoms with Crippen molar-refractivity contribution < 1.29 is 4.39 Å². The maximum Gasteiger partial charge on any atom is 0.129 e. The summed E-state index contributed by atoms with van der Waals surface area (Å²) in [6, 6.07) is 10.3. The van der Waals surface area contributed by atoms with E-state index in [1.807, 2.05) is 18.2 Å². The first-order valence-electron chi connectivity index (χ1n) is 6.11. The van der Waals surface area contributed by atoms with E-state index in [0.717, 1.165) is 16.7 Å². The highest BCUT2D eigenvalue weighted by Gasteiger charge is 2.03. The Labute approximate surface area is 120 Å². The maximum atomic E-state index is 13.7. The second-order valence-electron chi connectivity index (χ2n) is 4.35. The highest BCUT2D eigenvalue weighted by Crippen LogP contribution is 2.18. The zero-order valence-corrected chi connectivity index (χ0v) is 11.2. The lowest BCUT2D eigenvalue weighted by molar-refractivity contribution is 0.613. The zero-order valence-electron chi connectivity index (χ0n) is 10.5. The molecule has 0 radical (unpaired) electrons. The number of fused-ring (bicyclic) bond motifs is 1. The van der Waals surface area contributed by atoms with Crippen LogP contribution in [-0.2, 0) is 6.54 Å². The van der Waals surface area contributed by atoms with Crippen molar-refractivity contribution in [2.45, 2.75) is 6.54 Å². The quantitative estimate of drug-likeness (QED) is 0.790. The minimum absolute atomic E-state index is 0.314. The van der Waals surface area contributed by atoms with Crippen LogP contribution in [0.4, 0.5) is 10.1 Å². The molecule has 0 amide bonds. The Bertz CT molecular complexity index is 761. The first kappa shape index (κ1) is 12.8. The molecular weight excluding hydrogens is 277 g/mol. The SMILES string of the molecule is Fc1cc(Cl)ccc1CNc1ccc2nccnc2c1. The van der Waals surface area contributed by atoms with Crippen molar-refractivity contribution in [3.8, 4) is 0 Å². The van der Waals surface area contributed by atoms with E-state index < -0.39 is 0 Å². The van der Waals surface area contributed by atoms with Crippen LogP contribution in [0.15, 0.2) is 48.8 Å². The standard InChI is InChI=1S/C15H11ClFN3/c16-11-2-1-10(13(17)7-11)9-20-12-3-4-14-15(8-12)19-6-5-18-14/h1-8,20H,9H2. The molecule has 3 aromatic rings. The van der Waals surface area contributed by atoms with Crippen molar-refractivity contribution >= 4 is 28.3 Å². The third-order valence-corrected chi connectivity index (χ3v) is 3.20. The summed E-state index contributed by atoms with van der Waals surface area (Å²) in [5, 5.41) is 3.56. The summed E-state index contributed by atoms with van der Waals surface area (Å²) in [5.74, 6) is -0.314. The molecule has 0 saturated heterocycles. The van der Waals surface area contributed by atoms with Gasteiger partial charge in [-0.25, -0.2) is 4.39 Å². The minimum atomic E-state index is -0.314. The Kier molecular flexibility index (Phi) is 3.48. The van der Waals surface area contributed by atoms with Gasteiger partial charge in [0, 0.05) is 35.2 Å². The average Bonchev–Trinajstić information content (AvgIpc) is 2.46. The molecule has 3 rings (SSSR count). The van der Waals surface area contributed by atoms with Crippen molar-refractivity contribution in [1.29, 1.82) is 0 Å². The molecule has 2 aromatic carbocycles. The van der Waals surface area contributed by atoms with Crippen LogP contribution in [0.1, 0.15) is 5.56 Å². The number of anilines is 1. The first-order valence-corrected chi connectivity index (χ1v) is 6.49. The topological polar surface area (TPSA) is 37.8 Å². The first-order chi connectivity index (χ1) is 9.72. The third-order valence-electron chi connectivity index (χ3n) is 2.97. The number of hydrogen-bond donors (Lipinski definition) is 1. The lowest BCUT2D eigenvalue weighted by Crippen LogP contribution is -2.01. The van der Waals surface area contributed by atoms with Crippen molar-refractivity contribution in [2.75, 3.05) is 5.32 Å². The molecule has 3 nitrogen and oxygen atoms in total. The van der Waals surface area contributed by atoms with Crippen molar-refractivity contribution in [2.24, 2.45) is 0 Å². The van der Waals surface area contributed by atoms with E-state index >= 15 is 0 Å². The van der Waals surface area contributed by atoms with Gasteiger partial charge in [-0.2, -0.15) is 0 Å². The van der Waals surface area contributed by atoms with Gasteiger partial charge in [-0.05, 0) is 30.3 Å². The van der Waals surface area contributed by atoms with Crippen LogP contribution < -0.4 is 5.32 Å². The molecule has 0 aliphatic rings. The molecule has 1 heterocycles. The summed E-state index contributed by atoms with van der Waals surface area (Å²) >= 11 is 5.72. The molecule has 1 N–H and O–H groups in total. The van der Waals surface area contributed by atoms with Gasteiger partial charge in [-0.3, -0.25) is 9.97 Å². The highest BCUT2D eigenvalue weighted by atomic mass is 35.5. The van der Waals surface area contributed by atoms with Gasteiger partial charge < -0.3 is 5.32 Å². The molecule has 0 saturated carbocycles. The van der Waals surface area contributed by atoms with Crippen LogP contribution in [0.3, 0.4) is 0 Å². The van der Waals surface area contributed by atoms with Gasteiger partial charge in [0.15, 0.2) is 0 Å². The number of halogens is 2. The van der Waals surface area contributed by atoms with Crippen molar-refractivity contribution in [3.63, 3.8) is 0 Å². The molecule has 0 unspecified atom stereocenters. The summed E-state index contributed by atoms with van der Waals surface area (Å²) < 4.78 is 13.7. The Morgan fingerprint density at radius 3 is 2.60 bits per heavy atom. The van der Waals surface area contributed by atoms with Gasteiger partial charge in [0.05, 0.1) is 11.0 Å². The van der Waals surface area contributed by atoms with E-state index in [0.29, 0.717) is 17.1 Å². The molecule has 0 aliphatic heterocycles. The summed E-state index contributed by atoms with van der Waals surface area (Å²) in [6.45, 7) is 0.384. The largest absolute Gasteiger partial charge is 0.381 e. The van der Waals surface area contributed by atoms with Gasteiger partial charge in [-0.1, -0.05) is 17.7 Å². The van der Waals surface area contributed by atoms with Crippen LogP contribution in [0.25, 0.3) is 11.0 Å². The summed E-state index contributed by atoms with van der Waals surface area (Å²) in [4.78, 5) is 8.43. The average molecular weight is 288 g/mol. The predicted octanol–water partition coefficient (Wildman–Crippen LogP) is 4.03. The van der Waals surface area contributed by atoms with E-state index in [1.54, 1.807) is 24.5 Å². The molecule has 0 bridgehead atoms. The number of hydrogen-bond acceptors (Lipinski definition) is 3. The molecule has 0 atom stereocenters. The molecule has 5 heteroatoms. The van der Waals surface area contributed by atoms with Gasteiger partial charge >= 0.3 is 0 Å². The Balaban J connectivity index is 1.79. The summed E-state index contributed by atoms with van der Waals surface area (Å²) in [7, 11) is 0. The summed E-state index contributed by atoms with van der Waals surface area (Å²) in [6.07, 6.45) is 3.30. The van der Waals surface area contributed by atoms with Crippen LogP contribution in [0, 0.1) is 5.82 Å². The number of rotatable bonds is 3. The number of aromatic nitrogens is 2. The Hall–Kier alpha value is -2.20. The lowest BCUT2D eigenvalue weighted by Gasteiger charge is -2.08. The number of benzene rings is 2. The second kappa shape index (κ2) is 5.43. The van der Waals surface area contributed by atoms with Gasteiger partial charge in [-0.15, -0.1) is 0 Å². The normalized spacial score (nSPS) is 10.7. The molecule has 20 heavy (non-hydrogen) atoms. The molecule has 100 valence electrons. The third kappa shape index (κ3) is 2.70. The fourth-order valence-corrected chi connectivity index (χ4v) is 2.09. The lowest BCUT2D eigenvalue weighted by atomic mass is 10.2. The van der Waals surface area contributed by atoms with Gasteiger partial charge in [0.2, 0.25) is 0 Å². The van der Waals surface area contributed by atoms with Crippen LogP contribution in [-0.4, -0.2) is 9.97 Å². The Morgan fingerprint density at radius 1 is 1.00 bits per heavy atom.